The summed E-state index contributed by atoms with van der Waals surface area (Å²) >= 11 is 1.29. The highest BCUT2D eigenvalue weighted by molar-refractivity contribution is 7.99. The standard InChI is InChI=1S/C15H21N3O3S/c1-3-15(13(20)21)6-4-8-18(10-15)12(19)9-22-14-16-7-5-11(2)17-14/h5,7H,3-4,6,8-10H2,1-2H3,(H,20,21)/t15-/m1/s1. The number of amides is 1. The molecule has 0 radical (unpaired) electrons. The van der Waals surface area contributed by atoms with Crippen molar-refractivity contribution in [1.29, 1.82) is 0 Å². The summed E-state index contributed by atoms with van der Waals surface area (Å²) < 4.78 is 0. The molecule has 0 aliphatic carbocycles. The van der Waals surface area contributed by atoms with Crippen LogP contribution in [0.5, 0.6) is 0 Å². The van der Waals surface area contributed by atoms with Crippen LogP contribution in [0.25, 0.3) is 0 Å². The van der Waals surface area contributed by atoms with Crippen LogP contribution in [-0.4, -0.2) is 50.7 Å². The Morgan fingerprint density at radius 2 is 2.27 bits per heavy atom. The third-order valence-corrected chi connectivity index (χ3v) is 5.00. The van der Waals surface area contributed by atoms with Crippen LogP contribution in [0.3, 0.4) is 0 Å². The molecule has 1 fully saturated rings. The number of aromatic nitrogens is 2. The predicted molar refractivity (Wildman–Crippen MR) is 83.7 cm³/mol. The second-order valence-corrected chi connectivity index (χ2v) is 6.57. The fourth-order valence-corrected chi connectivity index (χ4v) is 3.45. The Hall–Kier alpha value is -1.63. The molecule has 0 unspecified atom stereocenters. The van der Waals surface area contributed by atoms with E-state index in [1.54, 1.807) is 17.2 Å². The maximum absolute atomic E-state index is 12.3. The molecule has 1 N–H and O–H groups in total. The Kier molecular flexibility index (Phi) is 5.39. The van der Waals surface area contributed by atoms with Crippen molar-refractivity contribution >= 4 is 23.6 Å². The predicted octanol–water partition coefficient (Wildman–Crippen LogP) is 1.98. The molecular formula is C15H21N3O3S. The number of carboxylic acid groups (broad SMARTS) is 1. The molecule has 6 nitrogen and oxygen atoms in total. The van der Waals surface area contributed by atoms with Crippen LogP contribution < -0.4 is 0 Å². The van der Waals surface area contributed by atoms with Crippen molar-refractivity contribution in [2.24, 2.45) is 5.41 Å². The minimum Gasteiger partial charge on any atom is -0.481 e. The van der Waals surface area contributed by atoms with Gasteiger partial charge in [0.25, 0.3) is 0 Å². The monoisotopic (exact) mass is 323 g/mol. The molecule has 1 aliphatic rings. The Morgan fingerprint density at radius 1 is 1.50 bits per heavy atom. The number of carbonyl (C=O) groups excluding carboxylic acids is 1. The molecule has 2 rings (SSSR count). The topological polar surface area (TPSA) is 83.4 Å². The van der Waals surface area contributed by atoms with Crippen LogP contribution >= 0.6 is 11.8 Å². The smallest absolute Gasteiger partial charge is 0.311 e. The van der Waals surface area contributed by atoms with Crippen LogP contribution in [0.1, 0.15) is 31.9 Å². The van der Waals surface area contributed by atoms with Gasteiger partial charge >= 0.3 is 5.97 Å². The first-order valence-corrected chi connectivity index (χ1v) is 8.39. The molecule has 0 aromatic carbocycles. The summed E-state index contributed by atoms with van der Waals surface area (Å²) in [5.74, 6) is -0.612. The normalized spacial score (nSPS) is 21.6. The SMILES string of the molecule is CC[C@@]1(C(=O)O)CCCN(C(=O)CSc2nccc(C)n2)C1. The van der Waals surface area contributed by atoms with E-state index in [2.05, 4.69) is 9.97 Å². The van der Waals surface area contributed by atoms with E-state index < -0.39 is 11.4 Å². The minimum absolute atomic E-state index is 0.0473. The zero-order chi connectivity index (χ0) is 16.2. The highest BCUT2D eigenvalue weighted by atomic mass is 32.2. The van der Waals surface area contributed by atoms with Crippen LogP contribution in [0.2, 0.25) is 0 Å². The Morgan fingerprint density at radius 3 is 2.91 bits per heavy atom. The van der Waals surface area contributed by atoms with E-state index in [1.165, 1.54) is 11.8 Å². The van der Waals surface area contributed by atoms with Gasteiger partial charge in [-0.15, -0.1) is 0 Å². The Bertz CT molecular complexity index is 567. The van der Waals surface area contributed by atoms with Gasteiger partial charge in [0.2, 0.25) is 5.91 Å². The van der Waals surface area contributed by atoms with Crippen molar-refractivity contribution in [3.05, 3.63) is 18.0 Å². The van der Waals surface area contributed by atoms with Crippen LogP contribution in [0.4, 0.5) is 0 Å². The van der Waals surface area contributed by atoms with Gasteiger partial charge < -0.3 is 10.0 Å². The van der Waals surface area contributed by atoms with Crippen molar-refractivity contribution in [3.8, 4) is 0 Å². The van der Waals surface area contributed by atoms with Gasteiger partial charge in [-0.05, 0) is 32.3 Å². The minimum atomic E-state index is -0.804. The molecule has 120 valence electrons. The quantitative estimate of drug-likeness (QED) is 0.659. The second-order valence-electron chi connectivity index (χ2n) is 5.63. The molecule has 0 bridgehead atoms. The third kappa shape index (κ3) is 3.76. The number of likely N-dealkylation sites (tertiary alicyclic amines) is 1. The largest absolute Gasteiger partial charge is 0.481 e. The maximum Gasteiger partial charge on any atom is 0.311 e. The molecule has 7 heteroatoms. The first kappa shape index (κ1) is 16.7. The average molecular weight is 323 g/mol. The van der Waals surface area contributed by atoms with E-state index in [4.69, 9.17) is 0 Å². The lowest BCUT2D eigenvalue weighted by molar-refractivity contribution is -0.154. The Balaban J connectivity index is 1.96. The van der Waals surface area contributed by atoms with Crippen molar-refractivity contribution in [3.63, 3.8) is 0 Å². The lowest BCUT2D eigenvalue weighted by Crippen LogP contribution is -2.50. The van der Waals surface area contributed by atoms with E-state index >= 15 is 0 Å². The number of carboxylic acids is 1. The van der Waals surface area contributed by atoms with E-state index in [0.717, 1.165) is 12.1 Å². The number of nitrogens with zero attached hydrogens (tertiary/aromatic N) is 3. The summed E-state index contributed by atoms with van der Waals surface area (Å²) in [6.45, 7) is 4.67. The average Bonchev–Trinajstić information content (AvgIpc) is 2.52. The maximum atomic E-state index is 12.3. The van der Waals surface area contributed by atoms with Crippen LogP contribution in [0.15, 0.2) is 17.4 Å². The molecule has 1 aliphatic heterocycles. The van der Waals surface area contributed by atoms with Gasteiger partial charge in [-0.1, -0.05) is 18.7 Å². The molecule has 1 amide bonds. The third-order valence-electron chi connectivity index (χ3n) is 4.16. The van der Waals surface area contributed by atoms with Gasteiger partial charge in [0.15, 0.2) is 5.16 Å². The van der Waals surface area contributed by atoms with Crippen LogP contribution in [-0.2, 0) is 9.59 Å². The summed E-state index contributed by atoms with van der Waals surface area (Å²) in [6, 6.07) is 1.80. The number of aryl methyl sites for hydroxylation is 1. The van der Waals surface area contributed by atoms with Gasteiger partial charge in [0.1, 0.15) is 0 Å². The molecule has 1 saturated heterocycles. The molecule has 0 spiro atoms. The number of hydrogen-bond acceptors (Lipinski definition) is 5. The van der Waals surface area contributed by atoms with Gasteiger partial charge in [-0.25, -0.2) is 9.97 Å². The summed E-state index contributed by atoms with van der Waals surface area (Å²) in [7, 11) is 0. The van der Waals surface area contributed by atoms with Gasteiger partial charge in [-0.3, -0.25) is 9.59 Å². The highest BCUT2D eigenvalue weighted by Gasteiger charge is 2.41. The zero-order valence-electron chi connectivity index (χ0n) is 12.9. The summed E-state index contributed by atoms with van der Waals surface area (Å²) in [4.78, 5) is 33.9. The highest BCUT2D eigenvalue weighted by Crippen LogP contribution is 2.34. The molecular weight excluding hydrogens is 302 g/mol. The molecule has 1 aromatic rings. The molecule has 1 aromatic heterocycles. The second kappa shape index (κ2) is 7.09. The van der Waals surface area contributed by atoms with E-state index in [1.807, 2.05) is 13.8 Å². The number of piperidine rings is 1. The van der Waals surface area contributed by atoms with E-state index in [9.17, 15) is 14.7 Å². The van der Waals surface area contributed by atoms with E-state index in [-0.39, 0.29) is 11.7 Å². The number of aliphatic carboxylic acids is 1. The number of thioether (sulfide) groups is 1. The lowest BCUT2D eigenvalue weighted by Gasteiger charge is -2.39. The van der Waals surface area contributed by atoms with Crippen molar-refractivity contribution < 1.29 is 14.7 Å². The van der Waals surface area contributed by atoms with Crippen molar-refractivity contribution in [2.75, 3.05) is 18.8 Å². The van der Waals surface area contributed by atoms with Crippen molar-refractivity contribution in [1.82, 2.24) is 14.9 Å². The number of carbonyl (C=O) groups is 2. The first-order chi connectivity index (χ1) is 10.5. The Labute approximate surface area is 134 Å². The molecule has 2 heterocycles. The molecule has 1 atom stereocenters. The van der Waals surface area contributed by atoms with E-state index in [0.29, 0.717) is 31.1 Å². The molecule has 22 heavy (non-hydrogen) atoms. The summed E-state index contributed by atoms with van der Waals surface area (Å²) in [5, 5.41) is 10.0. The fourth-order valence-electron chi connectivity index (χ4n) is 2.67. The molecule has 0 saturated carbocycles. The first-order valence-electron chi connectivity index (χ1n) is 7.40. The van der Waals surface area contributed by atoms with Crippen LogP contribution in [0, 0.1) is 12.3 Å². The van der Waals surface area contributed by atoms with Gasteiger partial charge in [0.05, 0.1) is 11.2 Å². The summed E-state index contributed by atoms with van der Waals surface area (Å²) in [6.07, 6.45) is 3.58. The van der Waals surface area contributed by atoms with Gasteiger partial charge in [0, 0.05) is 25.0 Å². The lowest BCUT2D eigenvalue weighted by atomic mass is 9.77. The fraction of sp³-hybridized carbons (Fsp3) is 0.600. The number of hydrogen-bond donors (Lipinski definition) is 1. The van der Waals surface area contributed by atoms with Crippen molar-refractivity contribution in [2.45, 2.75) is 38.3 Å². The number of rotatable bonds is 5. The summed E-state index contributed by atoms with van der Waals surface area (Å²) in [5.41, 5.74) is 0.0668. The van der Waals surface area contributed by atoms with Gasteiger partial charge in [-0.2, -0.15) is 0 Å². The zero-order valence-corrected chi connectivity index (χ0v) is 13.7.